The number of halogens is 2. The van der Waals surface area contributed by atoms with Crippen LogP contribution in [-0.4, -0.2) is 28.1 Å². The van der Waals surface area contributed by atoms with Crippen molar-refractivity contribution in [3.8, 4) is 5.75 Å². The zero-order valence-electron chi connectivity index (χ0n) is 15.5. The van der Waals surface area contributed by atoms with Gasteiger partial charge in [-0.1, -0.05) is 0 Å². The van der Waals surface area contributed by atoms with Crippen molar-refractivity contribution in [1.82, 2.24) is 9.88 Å². The molecule has 0 spiro atoms. The van der Waals surface area contributed by atoms with Gasteiger partial charge >= 0.3 is 5.97 Å². The van der Waals surface area contributed by atoms with Crippen LogP contribution in [0.5, 0.6) is 5.75 Å². The second-order valence-corrected chi connectivity index (χ2v) is 7.99. The van der Waals surface area contributed by atoms with E-state index in [4.69, 9.17) is 4.74 Å². The highest BCUT2D eigenvalue weighted by molar-refractivity contribution is 9.10. The Balaban J connectivity index is 1.84. The van der Waals surface area contributed by atoms with E-state index in [1.54, 1.807) is 31.2 Å². The topological polar surface area (TPSA) is 63.5 Å². The number of aryl methyl sites for hydroxylation is 1. The molecular formula is C20H20BrFN2O3S. The molecule has 3 aromatic rings. The number of thioether (sulfide) groups is 1. The minimum Gasteiger partial charge on any atom is -0.507 e. The minimum atomic E-state index is -0.419. The van der Waals surface area contributed by atoms with Gasteiger partial charge in [0.25, 0.3) is 0 Å². The molecule has 0 saturated carbocycles. The van der Waals surface area contributed by atoms with Crippen molar-refractivity contribution in [2.24, 2.45) is 7.05 Å². The molecule has 8 heteroatoms. The van der Waals surface area contributed by atoms with E-state index >= 15 is 0 Å². The van der Waals surface area contributed by atoms with E-state index in [0.29, 0.717) is 27.8 Å². The first kappa shape index (κ1) is 20.7. The van der Waals surface area contributed by atoms with Crippen molar-refractivity contribution in [1.29, 1.82) is 0 Å². The van der Waals surface area contributed by atoms with E-state index in [0.717, 1.165) is 16.1 Å². The summed E-state index contributed by atoms with van der Waals surface area (Å²) in [5, 5.41) is 14.0. The summed E-state index contributed by atoms with van der Waals surface area (Å²) >= 11 is 4.86. The average molecular weight is 467 g/mol. The third kappa shape index (κ3) is 4.34. The Hall–Kier alpha value is -2.03. The SMILES string of the molecule is CCOC(=O)c1c(CNCSc2ccc(F)cc2)n(C)c2cc(Br)c(O)cc12. The maximum atomic E-state index is 13.0. The molecule has 2 aromatic carbocycles. The van der Waals surface area contributed by atoms with E-state index in [1.165, 1.54) is 23.9 Å². The predicted molar refractivity (Wildman–Crippen MR) is 112 cm³/mol. The van der Waals surface area contributed by atoms with Crippen molar-refractivity contribution in [3.63, 3.8) is 0 Å². The van der Waals surface area contributed by atoms with Gasteiger partial charge < -0.3 is 19.7 Å². The lowest BCUT2D eigenvalue weighted by molar-refractivity contribution is 0.0527. The highest BCUT2D eigenvalue weighted by atomic mass is 79.9. The van der Waals surface area contributed by atoms with Gasteiger partial charge in [-0.3, -0.25) is 0 Å². The van der Waals surface area contributed by atoms with Crippen LogP contribution in [0, 0.1) is 5.82 Å². The number of hydrogen-bond acceptors (Lipinski definition) is 5. The lowest BCUT2D eigenvalue weighted by Gasteiger charge is -2.09. The molecule has 0 atom stereocenters. The predicted octanol–water partition coefficient (Wildman–Crippen LogP) is 4.80. The van der Waals surface area contributed by atoms with Gasteiger partial charge in [-0.15, -0.1) is 11.8 Å². The number of nitrogens with one attached hydrogen (secondary N) is 1. The molecule has 0 radical (unpaired) electrons. The van der Waals surface area contributed by atoms with Crippen LogP contribution in [0.1, 0.15) is 23.0 Å². The number of aromatic hydroxyl groups is 1. The standard InChI is InChI=1S/C20H20BrFN2O3S/c1-3-27-20(26)19-14-8-18(25)15(21)9-16(14)24(2)17(19)10-23-11-28-13-6-4-12(22)5-7-13/h4-9,23,25H,3,10-11H2,1-2H3. The molecule has 1 heterocycles. The fourth-order valence-corrected chi connectivity index (χ4v) is 4.00. The highest BCUT2D eigenvalue weighted by Crippen LogP contribution is 2.34. The van der Waals surface area contributed by atoms with Crippen LogP contribution in [0.25, 0.3) is 10.9 Å². The smallest absolute Gasteiger partial charge is 0.340 e. The normalized spacial score (nSPS) is 11.1. The lowest BCUT2D eigenvalue weighted by Crippen LogP contribution is -2.18. The molecule has 1 aromatic heterocycles. The van der Waals surface area contributed by atoms with Crippen LogP contribution < -0.4 is 5.32 Å². The van der Waals surface area contributed by atoms with Crippen LogP contribution in [0.3, 0.4) is 0 Å². The van der Waals surface area contributed by atoms with Crippen LogP contribution in [0.4, 0.5) is 4.39 Å². The van der Waals surface area contributed by atoms with Gasteiger partial charge in [-0.2, -0.15) is 0 Å². The maximum absolute atomic E-state index is 13.0. The van der Waals surface area contributed by atoms with Crippen LogP contribution in [0.2, 0.25) is 0 Å². The monoisotopic (exact) mass is 466 g/mol. The van der Waals surface area contributed by atoms with Crippen LogP contribution in [0.15, 0.2) is 45.8 Å². The molecule has 28 heavy (non-hydrogen) atoms. The Morgan fingerprint density at radius 3 is 2.71 bits per heavy atom. The van der Waals surface area contributed by atoms with Gasteiger partial charge in [0, 0.05) is 35.4 Å². The van der Waals surface area contributed by atoms with E-state index in [9.17, 15) is 14.3 Å². The Morgan fingerprint density at radius 1 is 1.32 bits per heavy atom. The fraction of sp³-hybridized carbons (Fsp3) is 0.250. The van der Waals surface area contributed by atoms with Crippen LogP contribution in [-0.2, 0) is 18.3 Å². The third-order valence-corrected chi connectivity index (χ3v) is 5.90. The number of esters is 1. The van der Waals surface area contributed by atoms with Crippen molar-refractivity contribution >= 4 is 44.6 Å². The van der Waals surface area contributed by atoms with Crippen molar-refractivity contribution in [3.05, 3.63) is 57.9 Å². The molecule has 2 N–H and O–H groups in total. The number of phenolic OH excluding ortho intramolecular Hbond substituents is 1. The van der Waals surface area contributed by atoms with Gasteiger partial charge in [0.05, 0.1) is 22.2 Å². The minimum absolute atomic E-state index is 0.0648. The first-order chi connectivity index (χ1) is 13.4. The maximum Gasteiger partial charge on any atom is 0.340 e. The lowest BCUT2D eigenvalue weighted by atomic mass is 10.1. The second kappa shape index (κ2) is 8.98. The second-order valence-electron chi connectivity index (χ2n) is 6.09. The Kier molecular flexibility index (Phi) is 6.64. The van der Waals surface area contributed by atoms with E-state index < -0.39 is 5.97 Å². The summed E-state index contributed by atoms with van der Waals surface area (Å²) in [4.78, 5) is 13.5. The number of aromatic nitrogens is 1. The molecule has 0 aliphatic rings. The molecule has 0 amide bonds. The summed E-state index contributed by atoms with van der Waals surface area (Å²) in [5.41, 5.74) is 2.03. The molecule has 0 saturated heterocycles. The van der Waals surface area contributed by atoms with Crippen molar-refractivity contribution in [2.45, 2.75) is 18.4 Å². The zero-order chi connectivity index (χ0) is 20.3. The highest BCUT2D eigenvalue weighted by Gasteiger charge is 2.23. The summed E-state index contributed by atoms with van der Waals surface area (Å²) in [5.74, 6) is -0.0289. The summed E-state index contributed by atoms with van der Waals surface area (Å²) in [6.45, 7) is 2.46. The quantitative estimate of drug-likeness (QED) is 0.226. The zero-order valence-corrected chi connectivity index (χ0v) is 17.9. The number of carbonyl (C=O) groups is 1. The van der Waals surface area contributed by atoms with E-state index in [-0.39, 0.29) is 18.2 Å². The average Bonchev–Trinajstić information content (AvgIpc) is 2.92. The van der Waals surface area contributed by atoms with E-state index in [2.05, 4.69) is 21.2 Å². The molecule has 0 fully saturated rings. The molecule has 0 unspecified atom stereocenters. The van der Waals surface area contributed by atoms with Crippen molar-refractivity contribution in [2.75, 3.05) is 12.5 Å². The number of rotatable bonds is 7. The van der Waals surface area contributed by atoms with Gasteiger partial charge in [0.1, 0.15) is 11.6 Å². The Labute approximate surface area is 175 Å². The molecule has 148 valence electrons. The Morgan fingerprint density at radius 2 is 2.04 bits per heavy atom. The number of ether oxygens (including phenoxy) is 1. The van der Waals surface area contributed by atoms with Gasteiger partial charge in [-0.25, -0.2) is 9.18 Å². The summed E-state index contributed by atoms with van der Waals surface area (Å²) in [6, 6.07) is 9.66. The number of phenols is 1. The van der Waals surface area contributed by atoms with E-state index in [1.807, 2.05) is 11.6 Å². The number of carbonyl (C=O) groups excluding carboxylic acids is 1. The first-order valence-corrected chi connectivity index (χ1v) is 10.5. The summed E-state index contributed by atoms with van der Waals surface area (Å²) in [7, 11) is 1.87. The summed E-state index contributed by atoms with van der Waals surface area (Å²) in [6.07, 6.45) is 0. The number of benzene rings is 2. The van der Waals surface area contributed by atoms with Gasteiger partial charge in [0.2, 0.25) is 0 Å². The third-order valence-electron chi connectivity index (χ3n) is 4.32. The van der Waals surface area contributed by atoms with Gasteiger partial charge in [-0.05, 0) is 59.3 Å². The van der Waals surface area contributed by atoms with Gasteiger partial charge in [0.15, 0.2) is 0 Å². The molecule has 0 aliphatic heterocycles. The molecule has 0 aliphatic carbocycles. The molecule has 3 rings (SSSR count). The molecule has 5 nitrogen and oxygen atoms in total. The first-order valence-electron chi connectivity index (χ1n) is 8.68. The van der Waals surface area contributed by atoms with Crippen molar-refractivity contribution < 1.29 is 19.0 Å². The molecule has 0 bridgehead atoms. The number of nitrogens with zero attached hydrogens (tertiary/aromatic N) is 1. The number of fused-ring (bicyclic) bond motifs is 1. The largest absolute Gasteiger partial charge is 0.507 e. The summed E-state index contributed by atoms with van der Waals surface area (Å²) < 4.78 is 20.7. The molecular weight excluding hydrogens is 447 g/mol. The fourth-order valence-electron chi connectivity index (χ4n) is 2.97. The number of hydrogen-bond donors (Lipinski definition) is 2. The van der Waals surface area contributed by atoms with Crippen LogP contribution >= 0.6 is 27.7 Å². The Bertz CT molecular complexity index is 1010.